The molecule has 5 atom stereocenters. The van der Waals surface area contributed by atoms with Gasteiger partial charge in [0, 0.05) is 45.9 Å². The Morgan fingerprint density at radius 3 is 2.87 bits per heavy atom. The molecule has 23 heavy (non-hydrogen) atoms. The predicted molar refractivity (Wildman–Crippen MR) is 88.5 cm³/mol. The van der Waals surface area contributed by atoms with E-state index in [1.165, 1.54) is 6.42 Å². The van der Waals surface area contributed by atoms with Crippen molar-refractivity contribution in [3.63, 3.8) is 0 Å². The molecule has 0 aliphatic carbocycles. The molecule has 0 amide bonds. The van der Waals surface area contributed by atoms with Crippen LogP contribution in [-0.2, 0) is 21.7 Å². The van der Waals surface area contributed by atoms with Crippen LogP contribution in [0, 0.1) is 11.8 Å². The van der Waals surface area contributed by atoms with Gasteiger partial charge in [-0.1, -0.05) is 24.3 Å². The smallest absolute Gasteiger partial charge is 0.0952 e. The number of hydrogen-bond acceptors (Lipinski definition) is 3. The largest absolute Gasteiger partial charge is 0.387 e. The van der Waals surface area contributed by atoms with Gasteiger partial charge in [-0.25, -0.2) is 0 Å². The van der Waals surface area contributed by atoms with Crippen LogP contribution in [0.5, 0.6) is 0 Å². The molecule has 3 fully saturated rings. The molecule has 4 heterocycles. The van der Waals surface area contributed by atoms with Crippen LogP contribution in [-0.4, -0.2) is 34.1 Å². The summed E-state index contributed by atoms with van der Waals surface area (Å²) in [6.45, 7) is 6.11. The fraction of sp³-hybridized carbons (Fsp3) is 0.421. The van der Waals surface area contributed by atoms with Gasteiger partial charge < -0.3 is 5.11 Å². The van der Waals surface area contributed by atoms with Crippen LogP contribution in [0.25, 0.3) is 10.9 Å². The fourth-order valence-corrected chi connectivity index (χ4v) is 4.29. The average Bonchev–Trinajstić information content (AvgIpc) is 2.60. The molecule has 1 aromatic heterocycles. The Morgan fingerprint density at radius 1 is 1.30 bits per heavy atom. The van der Waals surface area contributed by atoms with Gasteiger partial charge >= 0.3 is 0 Å². The van der Waals surface area contributed by atoms with Crippen molar-refractivity contribution in [1.29, 1.82) is 0 Å². The molecule has 0 saturated carbocycles. The van der Waals surface area contributed by atoms with Crippen LogP contribution < -0.4 is 0 Å². The number of benzene rings is 1. The zero-order chi connectivity index (χ0) is 15.1. The fourth-order valence-electron chi connectivity index (χ4n) is 4.29. The minimum absolute atomic E-state index is 0. The average molecular weight is 342 g/mol. The SMILES string of the molecule is C=CC1CN2CCC1CC2C(O)c1ccnc2ccccc12.[Ti]. The molecule has 5 unspecified atom stereocenters. The van der Waals surface area contributed by atoms with Gasteiger partial charge in [-0.05, 0) is 48.9 Å². The number of rotatable bonds is 3. The van der Waals surface area contributed by atoms with E-state index < -0.39 is 6.10 Å². The van der Waals surface area contributed by atoms with Gasteiger partial charge in [-0.15, -0.1) is 6.58 Å². The second-order valence-electron chi connectivity index (χ2n) is 6.61. The first-order valence-corrected chi connectivity index (χ1v) is 8.16. The van der Waals surface area contributed by atoms with E-state index in [1.807, 2.05) is 30.5 Å². The third-order valence-corrected chi connectivity index (χ3v) is 5.52. The molecule has 1 aromatic carbocycles. The van der Waals surface area contributed by atoms with Crippen LogP contribution in [0.3, 0.4) is 0 Å². The van der Waals surface area contributed by atoms with Crippen LogP contribution >= 0.6 is 0 Å². The standard InChI is InChI=1S/C19H22N2O.Ti/c1-2-13-12-21-10-8-14(13)11-18(21)19(22)16-7-9-20-17-6-4-3-5-15(16)17;/h2-7,9,13-14,18-19,22H,1,8,10-12H2;. The Bertz CT molecular complexity index is 699. The first kappa shape index (κ1) is 16.8. The number of aliphatic hydroxyl groups excluding tert-OH is 1. The molecule has 3 nitrogen and oxygen atoms in total. The van der Waals surface area contributed by atoms with Gasteiger partial charge in [0.05, 0.1) is 11.6 Å². The normalized spacial score (nSPS) is 30.7. The zero-order valence-electron chi connectivity index (χ0n) is 13.2. The maximum absolute atomic E-state index is 11.0. The van der Waals surface area contributed by atoms with E-state index in [-0.39, 0.29) is 27.8 Å². The van der Waals surface area contributed by atoms with Crippen LogP contribution in [0.1, 0.15) is 24.5 Å². The first-order chi connectivity index (χ1) is 10.8. The quantitative estimate of drug-likeness (QED) is 0.688. The van der Waals surface area contributed by atoms with Crippen molar-refractivity contribution in [2.24, 2.45) is 11.8 Å². The van der Waals surface area contributed by atoms with Gasteiger partial charge in [0.25, 0.3) is 0 Å². The van der Waals surface area contributed by atoms with E-state index in [1.54, 1.807) is 0 Å². The van der Waals surface area contributed by atoms with Crippen LogP contribution in [0.4, 0.5) is 0 Å². The molecule has 3 aliphatic heterocycles. The molecule has 0 spiro atoms. The Morgan fingerprint density at radius 2 is 2.13 bits per heavy atom. The molecule has 3 aliphatic rings. The summed E-state index contributed by atoms with van der Waals surface area (Å²) in [7, 11) is 0. The summed E-state index contributed by atoms with van der Waals surface area (Å²) in [4.78, 5) is 6.86. The van der Waals surface area contributed by atoms with Crippen LogP contribution in [0.2, 0.25) is 0 Å². The summed E-state index contributed by atoms with van der Waals surface area (Å²) < 4.78 is 0. The summed E-state index contributed by atoms with van der Waals surface area (Å²) in [5.41, 5.74) is 1.97. The second kappa shape index (κ2) is 6.86. The number of piperidine rings is 3. The number of fused-ring (bicyclic) bond motifs is 4. The van der Waals surface area contributed by atoms with E-state index in [9.17, 15) is 5.11 Å². The first-order valence-electron chi connectivity index (χ1n) is 8.16. The second-order valence-corrected chi connectivity index (χ2v) is 6.61. The molecule has 4 heteroatoms. The van der Waals surface area contributed by atoms with Crippen molar-refractivity contribution in [3.8, 4) is 0 Å². The van der Waals surface area contributed by atoms with E-state index in [0.717, 1.165) is 36.0 Å². The van der Waals surface area contributed by atoms with Gasteiger partial charge in [0.15, 0.2) is 0 Å². The maximum Gasteiger partial charge on any atom is 0.0952 e. The molecule has 3 saturated heterocycles. The number of aromatic nitrogens is 1. The molecule has 0 radical (unpaired) electrons. The van der Waals surface area contributed by atoms with Crippen molar-refractivity contribution in [3.05, 3.63) is 54.7 Å². The molecule has 1 N–H and O–H groups in total. The van der Waals surface area contributed by atoms with E-state index >= 15 is 0 Å². The molecular weight excluding hydrogens is 320 g/mol. The van der Waals surface area contributed by atoms with Crippen molar-refractivity contribution in [2.45, 2.75) is 25.0 Å². The number of aliphatic hydroxyl groups is 1. The number of hydrogen-bond donors (Lipinski definition) is 1. The van der Waals surface area contributed by atoms with Crippen molar-refractivity contribution in [1.82, 2.24) is 9.88 Å². The third kappa shape index (κ3) is 2.92. The number of nitrogens with zero attached hydrogens (tertiary/aromatic N) is 2. The zero-order valence-corrected chi connectivity index (χ0v) is 14.8. The molecule has 2 aromatic rings. The van der Waals surface area contributed by atoms with Gasteiger partial charge in [-0.2, -0.15) is 0 Å². The van der Waals surface area contributed by atoms with E-state index in [2.05, 4.69) is 28.6 Å². The topological polar surface area (TPSA) is 36.4 Å². The summed E-state index contributed by atoms with van der Waals surface area (Å²) in [5, 5.41) is 12.1. The molecular formula is C19H22N2OTi. The van der Waals surface area contributed by atoms with E-state index in [4.69, 9.17) is 0 Å². The summed E-state index contributed by atoms with van der Waals surface area (Å²) in [6, 6.07) is 10.3. The molecule has 118 valence electrons. The minimum atomic E-state index is -0.443. The summed E-state index contributed by atoms with van der Waals surface area (Å²) >= 11 is 0. The third-order valence-electron chi connectivity index (χ3n) is 5.52. The Balaban J connectivity index is 0.00000156. The van der Waals surface area contributed by atoms with Gasteiger partial charge in [-0.3, -0.25) is 9.88 Å². The van der Waals surface area contributed by atoms with Crippen molar-refractivity contribution < 1.29 is 26.8 Å². The van der Waals surface area contributed by atoms with E-state index in [0.29, 0.717) is 11.8 Å². The summed E-state index contributed by atoms with van der Waals surface area (Å²) in [6.07, 6.45) is 5.76. The van der Waals surface area contributed by atoms with Crippen molar-refractivity contribution in [2.75, 3.05) is 13.1 Å². The van der Waals surface area contributed by atoms with Gasteiger partial charge in [0.2, 0.25) is 0 Å². The predicted octanol–water partition coefficient (Wildman–Crippen LogP) is 3.16. The number of pyridine rings is 1. The van der Waals surface area contributed by atoms with Crippen LogP contribution in [0.15, 0.2) is 49.2 Å². The van der Waals surface area contributed by atoms with Crippen molar-refractivity contribution >= 4 is 10.9 Å². The maximum atomic E-state index is 11.0. The number of para-hydroxylation sites is 1. The minimum Gasteiger partial charge on any atom is -0.387 e. The Kier molecular flexibility index (Phi) is 5.02. The Hall–Kier alpha value is -0.996. The summed E-state index contributed by atoms with van der Waals surface area (Å²) in [5.74, 6) is 1.27. The van der Waals surface area contributed by atoms with Gasteiger partial charge in [0.1, 0.15) is 0 Å². The monoisotopic (exact) mass is 342 g/mol. The Labute approximate surface area is 152 Å². The molecule has 2 bridgehead atoms. The molecule has 5 rings (SSSR count).